The zero-order chi connectivity index (χ0) is 12.0. The minimum atomic E-state index is 0.768. The van der Waals surface area contributed by atoms with E-state index < -0.39 is 0 Å². The van der Waals surface area contributed by atoms with Gasteiger partial charge in [-0.05, 0) is 39.5 Å². The van der Waals surface area contributed by atoms with Crippen molar-refractivity contribution in [1.29, 1.82) is 0 Å². The maximum Gasteiger partial charge on any atom is 0.0261 e. The van der Waals surface area contributed by atoms with E-state index in [0.29, 0.717) is 0 Å². The fourth-order valence-corrected chi connectivity index (χ4v) is 2.62. The molecule has 0 amide bonds. The van der Waals surface area contributed by atoms with Crippen molar-refractivity contribution in [2.75, 3.05) is 46.8 Å². The van der Waals surface area contributed by atoms with Crippen LogP contribution in [0.15, 0.2) is 0 Å². The second-order valence-electron chi connectivity index (χ2n) is 5.23. The van der Waals surface area contributed by atoms with Crippen LogP contribution in [0.3, 0.4) is 0 Å². The molecule has 0 aromatic carbocycles. The van der Waals surface area contributed by atoms with E-state index in [1.807, 2.05) is 0 Å². The molecule has 1 N–H and O–H groups in total. The molecule has 2 atom stereocenters. The van der Waals surface area contributed by atoms with Crippen LogP contribution in [0.5, 0.6) is 0 Å². The van der Waals surface area contributed by atoms with Gasteiger partial charge in [-0.25, -0.2) is 0 Å². The average Bonchev–Trinajstić information content (AvgIpc) is 2.71. The molecular formula is C13H29N3. The van der Waals surface area contributed by atoms with Crippen molar-refractivity contribution in [3.8, 4) is 0 Å². The number of hydrogen-bond acceptors (Lipinski definition) is 3. The van der Waals surface area contributed by atoms with Gasteiger partial charge in [0.15, 0.2) is 0 Å². The second-order valence-corrected chi connectivity index (χ2v) is 5.23. The van der Waals surface area contributed by atoms with Crippen LogP contribution in [0.25, 0.3) is 0 Å². The third-order valence-electron chi connectivity index (χ3n) is 3.64. The first-order valence-corrected chi connectivity index (χ1v) is 6.78. The van der Waals surface area contributed by atoms with E-state index in [9.17, 15) is 0 Å². The van der Waals surface area contributed by atoms with Crippen LogP contribution in [0.1, 0.15) is 26.7 Å². The largest absolute Gasteiger partial charge is 0.315 e. The summed E-state index contributed by atoms with van der Waals surface area (Å²) in [4.78, 5) is 4.97. The Hall–Kier alpha value is -0.120. The summed E-state index contributed by atoms with van der Waals surface area (Å²) < 4.78 is 0. The molecule has 96 valence electrons. The summed E-state index contributed by atoms with van der Waals surface area (Å²) >= 11 is 0. The zero-order valence-corrected chi connectivity index (χ0v) is 11.5. The van der Waals surface area contributed by atoms with Crippen molar-refractivity contribution in [2.24, 2.45) is 5.92 Å². The minimum Gasteiger partial charge on any atom is -0.315 e. The predicted octanol–water partition coefficient (Wildman–Crippen LogP) is 1.26. The lowest BCUT2D eigenvalue weighted by atomic mass is 9.99. The molecular weight excluding hydrogens is 198 g/mol. The van der Waals surface area contributed by atoms with Crippen LogP contribution in [0.4, 0.5) is 0 Å². The van der Waals surface area contributed by atoms with Gasteiger partial charge in [0.1, 0.15) is 0 Å². The lowest BCUT2D eigenvalue weighted by molar-refractivity contribution is 0.155. The molecule has 16 heavy (non-hydrogen) atoms. The Morgan fingerprint density at radius 1 is 1.06 bits per heavy atom. The van der Waals surface area contributed by atoms with E-state index in [2.05, 4.69) is 43.1 Å². The van der Waals surface area contributed by atoms with Crippen molar-refractivity contribution < 1.29 is 0 Å². The maximum atomic E-state index is 3.54. The molecule has 0 aromatic rings. The van der Waals surface area contributed by atoms with Crippen molar-refractivity contribution in [3.63, 3.8) is 0 Å². The molecule has 0 bridgehead atoms. The molecule has 1 heterocycles. The normalized spacial score (nSPS) is 25.9. The van der Waals surface area contributed by atoms with E-state index in [-0.39, 0.29) is 0 Å². The number of hydrogen-bond donors (Lipinski definition) is 1. The van der Waals surface area contributed by atoms with Gasteiger partial charge < -0.3 is 10.2 Å². The molecule has 3 nitrogen and oxygen atoms in total. The maximum absolute atomic E-state index is 3.54. The summed E-state index contributed by atoms with van der Waals surface area (Å²) in [5.74, 6) is 0.855. The molecule has 1 aliphatic rings. The highest BCUT2D eigenvalue weighted by molar-refractivity contribution is 4.88. The molecule has 1 aliphatic heterocycles. The van der Waals surface area contributed by atoms with E-state index in [4.69, 9.17) is 0 Å². The highest BCUT2D eigenvalue weighted by Gasteiger charge is 2.29. The average molecular weight is 227 g/mol. The Labute approximate surface area is 101 Å². The Morgan fingerprint density at radius 3 is 2.38 bits per heavy atom. The smallest absolute Gasteiger partial charge is 0.0261 e. The standard InChI is InChI=1S/C13H29N3/c1-5-7-16(9-8-15(3)4)13-11-14-10-12(13)6-2/h12-14H,5-11H2,1-4H3. The molecule has 0 aliphatic carbocycles. The summed E-state index contributed by atoms with van der Waals surface area (Å²) in [5.41, 5.74) is 0. The van der Waals surface area contributed by atoms with E-state index in [0.717, 1.165) is 12.0 Å². The van der Waals surface area contributed by atoms with Gasteiger partial charge in [0.25, 0.3) is 0 Å². The number of nitrogens with zero attached hydrogens (tertiary/aromatic N) is 2. The summed E-state index contributed by atoms with van der Waals surface area (Å²) in [6, 6.07) is 0.768. The van der Waals surface area contributed by atoms with Crippen molar-refractivity contribution >= 4 is 0 Å². The molecule has 3 heteroatoms. The molecule has 0 radical (unpaired) electrons. The van der Waals surface area contributed by atoms with Crippen molar-refractivity contribution in [3.05, 3.63) is 0 Å². The van der Waals surface area contributed by atoms with Gasteiger partial charge >= 0.3 is 0 Å². The molecule has 1 rings (SSSR count). The van der Waals surface area contributed by atoms with E-state index in [1.54, 1.807) is 0 Å². The minimum absolute atomic E-state index is 0.768. The molecule has 0 saturated carbocycles. The van der Waals surface area contributed by atoms with Crippen LogP contribution < -0.4 is 5.32 Å². The zero-order valence-electron chi connectivity index (χ0n) is 11.5. The van der Waals surface area contributed by atoms with Gasteiger partial charge in [0.05, 0.1) is 0 Å². The molecule has 0 spiro atoms. The van der Waals surface area contributed by atoms with E-state index >= 15 is 0 Å². The monoisotopic (exact) mass is 227 g/mol. The lowest BCUT2D eigenvalue weighted by Crippen LogP contribution is -2.44. The Morgan fingerprint density at radius 2 is 1.81 bits per heavy atom. The molecule has 1 fully saturated rings. The van der Waals surface area contributed by atoms with Crippen LogP contribution in [0, 0.1) is 5.92 Å². The van der Waals surface area contributed by atoms with E-state index in [1.165, 1.54) is 45.6 Å². The first-order chi connectivity index (χ1) is 7.69. The fourth-order valence-electron chi connectivity index (χ4n) is 2.62. The summed E-state index contributed by atoms with van der Waals surface area (Å²) in [6.45, 7) is 10.6. The van der Waals surface area contributed by atoms with Gasteiger partial charge in [-0.3, -0.25) is 4.90 Å². The highest BCUT2D eigenvalue weighted by atomic mass is 15.2. The van der Waals surface area contributed by atoms with Crippen LogP contribution in [0.2, 0.25) is 0 Å². The Kier molecular flexibility index (Phi) is 6.32. The van der Waals surface area contributed by atoms with Gasteiger partial charge in [0.2, 0.25) is 0 Å². The molecule has 1 saturated heterocycles. The van der Waals surface area contributed by atoms with Crippen LogP contribution in [-0.2, 0) is 0 Å². The quantitative estimate of drug-likeness (QED) is 0.706. The predicted molar refractivity (Wildman–Crippen MR) is 70.9 cm³/mol. The molecule has 0 aromatic heterocycles. The van der Waals surface area contributed by atoms with Crippen LogP contribution in [-0.4, -0.2) is 62.7 Å². The Bertz CT molecular complexity index is 182. The SMILES string of the molecule is CCCN(CCN(C)C)C1CNCC1CC. The first kappa shape index (κ1) is 13.9. The summed E-state index contributed by atoms with van der Waals surface area (Å²) in [7, 11) is 4.32. The third-order valence-corrected chi connectivity index (χ3v) is 3.64. The highest BCUT2D eigenvalue weighted by Crippen LogP contribution is 2.19. The van der Waals surface area contributed by atoms with Gasteiger partial charge in [-0.2, -0.15) is 0 Å². The molecule has 2 unspecified atom stereocenters. The number of nitrogens with one attached hydrogen (secondary N) is 1. The third kappa shape index (κ3) is 4.04. The first-order valence-electron chi connectivity index (χ1n) is 6.78. The van der Waals surface area contributed by atoms with Gasteiger partial charge in [0, 0.05) is 25.7 Å². The van der Waals surface area contributed by atoms with Gasteiger partial charge in [-0.1, -0.05) is 20.3 Å². The Balaban J connectivity index is 2.47. The fraction of sp³-hybridized carbons (Fsp3) is 1.00. The topological polar surface area (TPSA) is 18.5 Å². The van der Waals surface area contributed by atoms with Gasteiger partial charge in [-0.15, -0.1) is 0 Å². The second kappa shape index (κ2) is 7.25. The van der Waals surface area contributed by atoms with Crippen LogP contribution >= 0.6 is 0 Å². The van der Waals surface area contributed by atoms with Crippen molar-refractivity contribution in [2.45, 2.75) is 32.7 Å². The number of rotatable bonds is 7. The summed E-state index contributed by atoms with van der Waals surface area (Å²) in [5, 5.41) is 3.54. The number of likely N-dealkylation sites (N-methyl/N-ethyl adjacent to an activating group) is 1. The lowest BCUT2D eigenvalue weighted by Gasteiger charge is -2.32. The summed E-state index contributed by atoms with van der Waals surface area (Å²) in [6.07, 6.45) is 2.57. The van der Waals surface area contributed by atoms with Crippen molar-refractivity contribution in [1.82, 2.24) is 15.1 Å².